The molecule has 0 aliphatic carbocycles. The van der Waals surface area contributed by atoms with Crippen molar-refractivity contribution in [1.29, 1.82) is 0 Å². The van der Waals surface area contributed by atoms with E-state index in [0.717, 1.165) is 11.8 Å². The summed E-state index contributed by atoms with van der Waals surface area (Å²) < 4.78 is 28.6. The zero-order chi connectivity index (χ0) is 23.6. The van der Waals surface area contributed by atoms with Gasteiger partial charge in [0.1, 0.15) is 5.54 Å². The number of rotatable bonds is 8. The molecule has 0 bridgehead atoms. The Bertz CT molecular complexity index is 1170. The second kappa shape index (κ2) is 9.14. The Morgan fingerprint density at radius 1 is 1.30 bits per heavy atom. The molecule has 1 aromatic carbocycles. The fourth-order valence-electron chi connectivity index (χ4n) is 3.98. The van der Waals surface area contributed by atoms with Gasteiger partial charge < -0.3 is 9.73 Å². The lowest BCUT2D eigenvalue weighted by Gasteiger charge is -2.25. The molecular weight excluding hydrogens is 470 g/mol. The molecule has 33 heavy (non-hydrogen) atoms. The maximum absolute atomic E-state index is 13.0. The second-order valence-corrected chi connectivity index (χ2v) is 11.1. The molecule has 2 N–H and O–H groups in total. The monoisotopic (exact) mass is 493 g/mol. The van der Waals surface area contributed by atoms with Crippen LogP contribution in [0, 0.1) is 5.92 Å². The van der Waals surface area contributed by atoms with Crippen LogP contribution in [0.2, 0.25) is 0 Å². The SMILES string of the molecule is CCC1(c2ccccc2)NC(=O)N(NC(=O)CSc2nnc(CC3CCS(=O)(=O)C3)o2)C1=O. The molecule has 2 unspecified atom stereocenters. The van der Waals surface area contributed by atoms with Gasteiger partial charge in [-0.3, -0.25) is 15.0 Å². The number of aromatic nitrogens is 2. The summed E-state index contributed by atoms with van der Waals surface area (Å²) in [6, 6.07) is 8.14. The number of urea groups is 1. The summed E-state index contributed by atoms with van der Waals surface area (Å²) in [7, 11) is -2.99. The average molecular weight is 494 g/mol. The van der Waals surface area contributed by atoms with Crippen LogP contribution in [0.25, 0.3) is 0 Å². The van der Waals surface area contributed by atoms with Crippen LogP contribution in [0.5, 0.6) is 0 Å². The maximum Gasteiger partial charge on any atom is 0.344 e. The van der Waals surface area contributed by atoms with E-state index in [1.165, 1.54) is 0 Å². The van der Waals surface area contributed by atoms with Crippen LogP contribution in [0.3, 0.4) is 0 Å². The van der Waals surface area contributed by atoms with Gasteiger partial charge in [0.2, 0.25) is 11.8 Å². The highest BCUT2D eigenvalue weighted by atomic mass is 32.2. The fraction of sp³-hybridized carbons (Fsp3) is 0.450. The van der Waals surface area contributed by atoms with Gasteiger partial charge in [-0.05, 0) is 24.3 Å². The summed E-state index contributed by atoms with van der Waals surface area (Å²) in [5.74, 6) is -0.796. The molecule has 176 valence electrons. The van der Waals surface area contributed by atoms with E-state index in [-0.39, 0.29) is 28.4 Å². The van der Waals surface area contributed by atoms with Crippen molar-refractivity contribution in [2.45, 2.75) is 36.9 Å². The van der Waals surface area contributed by atoms with Crippen LogP contribution >= 0.6 is 11.8 Å². The van der Waals surface area contributed by atoms with Gasteiger partial charge in [0.05, 0.1) is 17.3 Å². The number of imide groups is 1. The van der Waals surface area contributed by atoms with E-state index in [9.17, 15) is 22.8 Å². The molecule has 2 fully saturated rings. The smallest absolute Gasteiger partial charge is 0.344 e. The van der Waals surface area contributed by atoms with Crippen molar-refractivity contribution in [2.75, 3.05) is 17.3 Å². The molecule has 13 heteroatoms. The number of thioether (sulfide) groups is 1. The second-order valence-electron chi connectivity index (χ2n) is 7.95. The first-order chi connectivity index (χ1) is 15.7. The van der Waals surface area contributed by atoms with E-state index >= 15 is 0 Å². The lowest BCUT2D eigenvalue weighted by atomic mass is 9.87. The predicted molar refractivity (Wildman–Crippen MR) is 117 cm³/mol. The highest BCUT2D eigenvalue weighted by molar-refractivity contribution is 7.99. The molecular formula is C20H23N5O6S2. The third-order valence-electron chi connectivity index (χ3n) is 5.69. The van der Waals surface area contributed by atoms with E-state index in [1.54, 1.807) is 31.2 Å². The normalized spacial score (nSPS) is 24.2. The molecule has 4 amide bonds. The van der Waals surface area contributed by atoms with Gasteiger partial charge in [0.25, 0.3) is 11.1 Å². The van der Waals surface area contributed by atoms with E-state index in [1.807, 2.05) is 6.07 Å². The first-order valence-electron chi connectivity index (χ1n) is 10.4. The lowest BCUT2D eigenvalue weighted by molar-refractivity contribution is -0.138. The van der Waals surface area contributed by atoms with Crippen LogP contribution in [0.15, 0.2) is 40.0 Å². The molecule has 0 saturated carbocycles. The summed E-state index contributed by atoms with van der Waals surface area (Å²) in [5, 5.41) is 11.3. The Morgan fingerprint density at radius 2 is 2.06 bits per heavy atom. The minimum absolute atomic E-state index is 0.0558. The van der Waals surface area contributed by atoms with Crippen LogP contribution in [-0.4, -0.2) is 58.7 Å². The fourth-order valence-corrected chi connectivity index (χ4v) is 6.42. The zero-order valence-electron chi connectivity index (χ0n) is 17.8. The van der Waals surface area contributed by atoms with Crippen molar-refractivity contribution in [3.63, 3.8) is 0 Å². The summed E-state index contributed by atoms with van der Waals surface area (Å²) in [6.45, 7) is 1.78. The Kier molecular flexibility index (Phi) is 6.43. The number of amides is 4. The molecule has 2 atom stereocenters. The topological polar surface area (TPSA) is 152 Å². The van der Waals surface area contributed by atoms with Crippen molar-refractivity contribution in [3.8, 4) is 0 Å². The number of nitrogens with zero attached hydrogens (tertiary/aromatic N) is 3. The van der Waals surface area contributed by atoms with Gasteiger partial charge in [-0.15, -0.1) is 10.2 Å². The van der Waals surface area contributed by atoms with Crippen molar-refractivity contribution < 1.29 is 27.2 Å². The Hall–Kier alpha value is -2.93. The van der Waals surface area contributed by atoms with Gasteiger partial charge >= 0.3 is 6.03 Å². The van der Waals surface area contributed by atoms with E-state index in [0.29, 0.717) is 35.7 Å². The predicted octanol–water partition coefficient (Wildman–Crippen LogP) is 1.03. The van der Waals surface area contributed by atoms with Crippen molar-refractivity contribution in [2.24, 2.45) is 5.92 Å². The largest absolute Gasteiger partial charge is 0.416 e. The minimum atomic E-state index is -2.99. The van der Waals surface area contributed by atoms with Crippen LogP contribution in [0.1, 0.15) is 31.2 Å². The molecule has 0 radical (unpaired) electrons. The summed E-state index contributed by atoms with van der Waals surface area (Å²) in [4.78, 5) is 37.9. The number of carbonyl (C=O) groups excluding carboxylic acids is 3. The first-order valence-corrected chi connectivity index (χ1v) is 13.2. The van der Waals surface area contributed by atoms with Gasteiger partial charge in [0.15, 0.2) is 9.84 Å². The number of nitrogens with one attached hydrogen (secondary N) is 2. The van der Waals surface area contributed by atoms with Crippen LogP contribution < -0.4 is 10.7 Å². The van der Waals surface area contributed by atoms with Crippen LogP contribution in [0.4, 0.5) is 4.79 Å². The molecule has 2 aliphatic rings. The highest BCUT2D eigenvalue weighted by Crippen LogP contribution is 2.31. The third kappa shape index (κ3) is 4.88. The Labute approximate surface area is 194 Å². The number of hydrazine groups is 1. The summed E-state index contributed by atoms with van der Waals surface area (Å²) >= 11 is 0.955. The van der Waals surface area contributed by atoms with Gasteiger partial charge in [-0.2, -0.15) is 5.01 Å². The molecule has 0 spiro atoms. The van der Waals surface area contributed by atoms with Crippen molar-refractivity contribution in [1.82, 2.24) is 25.9 Å². The number of benzene rings is 1. The third-order valence-corrected chi connectivity index (χ3v) is 8.35. The van der Waals surface area contributed by atoms with Gasteiger partial charge in [-0.1, -0.05) is 49.0 Å². The number of hydrogen-bond donors (Lipinski definition) is 2. The molecule has 2 aromatic rings. The number of carbonyl (C=O) groups is 3. The molecule has 1 aromatic heterocycles. The molecule has 11 nitrogen and oxygen atoms in total. The first kappa shape index (κ1) is 23.2. The molecule has 2 aliphatic heterocycles. The van der Waals surface area contributed by atoms with E-state index in [2.05, 4.69) is 20.9 Å². The number of hydrogen-bond acceptors (Lipinski definition) is 9. The molecule has 3 heterocycles. The Morgan fingerprint density at radius 3 is 2.73 bits per heavy atom. The van der Waals surface area contributed by atoms with E-state index < -0.39 is 33.2 Å². The van der Waals surface area contributed by atoms with Crippen molar-refractivity contribution in [3.05, 3.63) is 41.8 Å². The standard InChI is InChI=1S/C20H23N5O6S2/c1-2-20(14-6-4-3-5-7-14)17(27)25(18(28)21-20)24-15(26)11-32-19-23-22-16(31-19)10-13-8-9-33(29,30)12-13/h3-7,13H,2,8-12H2,1H3,(H,21,28)(H,24,26). The summed E-state index contributed by atoms with van der Waals surface area (Å²) in [6.07, 6.45) is 1.24. The number of sulfone groups is 1. The molecule has 2 saturated heterocycles. The van der Waals surface area contributed by atoms with E-state index in [4.69, 9.17) is 4.42 Å². The highest BCUT2D eigenvalue weighted by Gasteiger charge is 2.52. The zero-order valence-corrected chi connectivity index (χ0v) is 19.4. The average Bonchev–Trinajstić information content (AvgIpc) is 3.45. The quantitative estimate of drug-likeness (QED) is 0.406. The lowest BCUT2D eigenvalue weighted by Crippen LogP contribution is -2.49. The Balaban J connectivity index is 1.33. The van der Waals surface area contributed by atoms with Crippen LogP contribution in [-0.2, 0) is 31.4 Å². The summed E-state index contributed by atoms with van der Waals surface area (Å²) in [5.41, 5.74) is 1.73. The maximum atomic E-state index is 13.0. The van der Waals surface area contributed by atoms with Gasteiger partial charge in [-0.25, -0.2) is 13.2 Å². The molecule has 4 rings (SSSR count). The van der Waals surface area contributed by atoms with Gasteiger partial charge in [0, 0.05) is 6.42 Å². The van der Waals surface area contributed by atoms with Crippen molar-refractivity contribution >= 4 is 39.4 Å². The minimum Gasteiger partial charge on any atom is -0.416 e.